The van der Waals surface area contributed by atoms with Crippen molar-refractivity contribution >= 4 is 5.97 Å². The van der Waals surface area contributed by atoms with Crippen LogP contribution in [0.4, 0.5) is 0 Å². The molecule has 0 unspecified atom stereocenters. The minimum atomic E-state index is -1.11. The van der Waals surface area contributed by atoms with E-state index in [1.807, 2.05) is 0 Å². The molecule has 0 amide bonds. The van der Waals surface area contributed by atoms with Crippen LogP contribution in [0, 0.1) is 0 Å². The topological polar surface area (TPSA) is 83.0 Å². The van der Waals surface area contributed by atoms with Gasteiger partial charge < -0.3 is 10.1 Å². The van der Waals surface area contributed by atoms with Crippen LogP contribution in [0.3, 0.4) is 0 Å². The molecule has 1 aliphatic carbocycles. The number of rotatable bonds is 2. The fourth-order valence-electron chi connectivity index (χ4n) is 1.16. The average molecular weight is 180 g/mol. The standard InChI is InChI=1S/C8H8N2O3/c11-7-6(4-1-2-4)10-5(3-9-7)8(12)13/h3-4H,1-2H2,(H,9,11)(H,12,13). The molecule has 5 nitrogen and oxygen atoms in total. The second-order valence-corrected chi connectivity index (χ2v) is 3.08. The molecule has 0 aliphatic heterocycles. The molecular weight excluding hydrogens is 172 g/mol. The number of aromatic carboxylic acids is 1. The van der Waals surface area contributed by atoms with Crippen molar-refractivity contribution in [3.63, 3.8) is 0 Å². The lowest BCUT2D eigenvalue weighted by Gasteiger charge is -1.97. The van der Waals surface area contributed by atoms with Crippen molar-refractivity contribution in [2.45, 2.75) is 18.8 Å². The molecule has 1 aromatic heterocycles. The zero-order chi connectivity index (χ0) is 9.42. The lowest BCUT2D eigenvalue weighted by atomic mass is 10.3. The molecule has 0 spiro atoms. The van der Waals surface area contributed by atoms with E-state index in [9.17, 15) is 9.59 Å². The maximum atomic E-state index is 11.2. The van der Waals surface area contributed by atoms with Gasteiger partial charge in [0.05, 0.1) is 0 Å². The number of carboxylic acids is 1. The van der Waals surface area contributed by atoms with E-state index in [0.717, 1.165) is 19.0 Å². The van der Waals surface area contributed by atoms with Crippen molar-refractivity contribution in [2.24, 2.45) is 0 Å². The van der Waals surface area contributed by atoms with E-state index in [2.05, 4.69) is 9.97 Å². The van der Waals surface area contributed by atoms with E-state index in [0.29, 0.717) is 5.69 Å². The second-order valence-electron chi connectivity index (χ2n) is 3.08. The Morgan fingerprint density at radius 1 is 1.62 bits per heavy atom. The number of carbonyl (C=O) groups is 1. The number of aromatic nitrogens is 2. The van der Waals surface area contributed by atoms with Crippen LogP contribution in [-0.2, 0) is 0 Å². The highest BCUT2D eigenvalue weighted by Gasteiger charge is 2.28. The lowest BCUT2D eigenvalue weighted by Crippen LogP contribution is -2.17. The van der Waals surface area contributed by atoms with Crippen LogP contribution in [0.1, 0.15) is 34.9 Å². The SMILES string of the molecule is O=C(O)c1c[nH]c(=O)c(C2CC2)n1. The third-order valence-corrected chi connectivity index (χ3v) is 2.00. The second kappa shape index (κ2) is 2.69. The average Bonchev–Trinajstić information content (AvgIpc) is 2.87. The number of aromatic amines is 1. The van der Waals surface area contributed by atoms with Crippen molar-refractivity contribution in [3.05, 3.63) is 27.9 Å². The van der Waals surface area contributed by atoms with Crippen LogP contribution in [0.15, 0.2) is 11.0 Å². The number of H-pyrrole nitrogens is 1. The molecule has 0 saturated heterocycles. The molecule has 2 rings (SSSR count). The summed E-state index contributed by atoms with van der Waals surface area (Å²) in [4.78, 5) is 27.9. The zero-order valence-electron chi connectivity index (χ0n) is 6.78. The Hall–Kier alpha value is -1.65. The summed E-state index contributed by atoms with van der Waals surface area (Å²) in [5.74, 6) is -0.943. The summed E-state index contributed by atoms with van der Waals surface area (Å²) in [5.41, 5.74) is -0.00565. The van der Waals surface area contributed by atoms with E-state index in [1.54, 1.807) is 0 Å². The Balaban J connectivity index is 2.48. The van der Waals surface area contributed by atoms with Crippen LogP contribution in [0.25, 0.3) is 0 Å². The first-order valence-electron chi connectivity index (χ1n) is 4.01. The van der Waals surface area contributed by atoms with Gasteiger partial charge in [-0.25, -0.2) is 9.78 Å². The minimum absolute atomic E-state index is 0.0958. The van der Waals surface area contributed by atoms with Gasteiger partial charge in [0, 0.05) is 12.1 Å². The molecule has 1 saturated carbocycles. The normalized spacial score (nSPS) is 15.7. The van der Waals surface area contributed by atoms with Gasteiger partial charge in [0.1, 0.15) is 5.69 Å². The first-order chi connectivity index (χ1) is 6.18. The van der Waals surface area contributed by atoms with Crippen molar-refractivity contribution in [1.29, 1.82) is 0 Å². The van der Waals surface area contributed by atoms with Crippen molar-refractivity contribution in [2.75, 3.05) is 0 Å². The minimum Gasteiger partial charge on any atom is -0.476 e. The van der Waals surface area contributed by atoms with Crippen molar-refractivity contribution in [1.82, 2.24) is 9.97 Å². The van der Waals surface area contributed by atoms with E-state index in [-0.39, 0.29) is 17.2 Å². The van der Waals surface area contributed by atoms with Gasteiger partial charge in [-0.1, -0.05) is 0 Å². The largest absolute Gasteiger partial charge is 0.476 e. The lowest BCUT2D eigenvalue weighted by molar-refractivity contribution is 0.0689. The summed E-state index contributed by atoms with van der Waals surface area (Å²) in [7, 11) is 0. The molecule has 0 atom stereocenters. The van der Waals surface area contributed by atoms with Gasteiger partial charge >= 0.3 is 5.97 Å². The summed E-state index contributed by atoms with van der Waals surface area (Å²) in [6, 6.07) is 0. The molecule has 1 aliphatic rings. The predicted molar refractivity (Wildman–Crippen MR) is 43.8 cm³/mol. The van der Waals surface area contributed by atoms with Crippen LogP contribution >= 0.6 is 0 Å². The molecule has 0 aromatic carbocycles. The van der Waals surface area contributed by atoms with Crippen LogP contribution < -0.4 is 5.56 Å². The Labute approximate surface area is 73.4 Å². The fourth-order valence-corrected chi connectivity index (χ4v) is 1.16. The number of nitrogens with one attached hydrogen (secondary N) is 1. The van der Waals surface area contributed by atoms with Crippen molar-refractivity contribution in [3.8, 4) is 0 Å². The summed E-state index contributed by atoms with van der Waals surface area (Å²) in [6.07, 6.45) is 2.98. The third-order valence-electron chi connectivity index (χ3n) is 2.00. The van der Waals surface area contributed by atoms with Gasteiger partial charge in [0.15, 0.2) is 5.69 Å². The molecule has 1 fully saturated rings. The number of nitrogens with zero attached hydrogens (tertiary/aromatic N) is 1. The van der Waals surface area contributed by atoms with Gasteiger partial charge in [-0.15, -0.1) is 0 Å². The summed E-state index contributed by atoms with van der Waals surface area (Å²) in [6.45, 7) is 0. The first-order valence-corrected chi connectivity index (χ1v) is 4.01. The van der Waals surface area contributed by atoms with Gasteiger partial charge in [-0.05, 0) is 12.8 Å². The maximum Gasteiger partial charge on any atom is 0.356 e. The Morgan fingerprint density at radius 2 is 2.31 bits per heavy atom. The molecular formula is C8H8N2O3. The number of carboxylic acid groups (broad SMARTS) is 1. The van der Waals surface area contributed by atoms with Gasteiger partial charge in [0.25, 0.3) is 5.56 Å². The van der Waals surface area contributed by atoms with Crippen LogP contribution in [0.2, 0.25) is 0 Å². The van der Waals surface area contributed by atoms with Crippen molar-refractivity contribution < 1.29 is 9.90 Å². The Morgan fingerprint density at radius 3 is 2.85 bits per heavy atom. The van der Waals surface area contributed by atoms with E-state index in [1.165, 1.54) is 0 Å². The van der Waals surface area contributed by atoms with E-state index in [4.69, 9.17) is 5.11 Å². The highest BCUT2D eigenvalue weighted by Crippen LogP contribution is 2.37. The Kier molecular flexibility index (Phi) is 1.65. The molecule has 68 valence electrons. The highest BCUT2D eigenvalue weighted by molar-refractivity contribution is 5.84. The van der Waals surface area contributed by atoms with Crippen LogP contribution in [-0.4, -0.2) is 21.0 Å². The summed E-state index contributed by atoms with van der Waals surface area (Å²) in [5, 5.41) is 8.62. The molecule has 1 aromatic rings. The number of hydrogen-bond acceptors (Lipinski definition) is 3. The summed E-state index contributed by atoms with van der Waals surface area (Å²) < 4.78 is 0. The summed E-state index contributed by atoms with van der Waals surface area (Å²) >= 11 is 0. The molecule has 13 heavy (non-hydrogen) atoms. The molecule has 2 N–H and O–H groups in total. The van der Waals surface area contributed by atoms with Gasteiger partial charge in [-0.2, -0.15) is 0 Å². The predicted octanol–water partition coefficient (Wildman–Crippen LogP) is 0.345. The maximum absolute atomic E-state index is 11.2. The molecule has 5 heteroatoms. The molecule has 0 bridgehead atoms. The fraction of sp³-hybridized carbons (Fsp3) is 0.375. The third kappa shape index (κ3) is 1.44. The molecule has 0 radical (unpaired) electrons. The van der Waals surface area contributed by atoms with E-state index < -0.39 is 5.97 Å². The van der Waals surface area contributed by atoms with Crippen LogP contribution in [0.5, 0.6) is 0 Å². The highest BCUT2D eigenvalue weighted by atomic mass is 16.4. The Bertz CT molecular complexity index is 406. The quantitative estimate of drug-likeness (QED) is 0.687. The zero-order valence-corrected chi connectivity index (χ0v) is 6.78. The van der Waals surface area contributed by atoms with E-state index >= 15 is 0 Å². The smallest absolute Gasteiger partial charge is 0.356 e. The monoisotopic (exact) mass is 180 g/mol. The number of hydrogen-bond donors (Lipinski definition) is 2. The van der Waals surface area contributed by atoms with Gasteiger partial charge in [0.2, 0.25) is 0 Å². The molecule has 1 heterocycles. The first kappa shape index (κ1) is 7.97. The van der Waals surface area contributed by atoms with Gasteiger partial charge in [-0.3, -0.25) is 4.79 Å².